The van der Waals surface area contributed by atoms with E-state index >= 15 is 0 Å². The van der Waals surface area contributed by atoms with E-state index in [0.717, 1.165) is 38.4 Å². The molecule has 33 heavy (non-hydrogen) atoms. The van der Waals surface area contributed by atoms with Crippen molar-refractivity contribution in [2.45, 2.75) is 6.92 Å². The second-order valence-corrected chi connectivity index (χ2v) is 7.68. The Hall–Kier alpha value is -4.32. The number of hydrogen-bond acceptors (Lipinski definition) is 6. The van der Waals surface area contributed by atoms with Gasteiger partial charge in [0.1, 0.15) is 17.2 Å². The van der Waals surface area contributed by atoms with Crippen LogP contribution < -0.4 is 20.3 Å². The van der Waals surface area contributed by atoms with Gasteiger partial charge in [-0.2, -0.15) is 5.10 Å². The molecule has 6 nitrogen and oxygen atoms in total. The number of para-hydroxylation sites is 1. The summed E-state index contributed by atoms with van der Waals surface area (Å²) in [5.74, 6) is 2.63. The molecule has 1 N–H and O–H groups in total. The van der Waals surface area contributed by atoms with Gasteiger partial charge in [0.15, 0.2) is 11.5 Å². The lowest BCUT2D eigenvalue weighted by atomic mass is 10.1. The fourth-order valence-electron chi connectivity index (χ4n) is 3.75. The fourth-order valence-corrected chi connectivity index (χ4v) is 3.75. The van der Waals surface area contributed by atoms with Crippen LogP contribution in [0.2, 0.25) is 0 Å². The van der Waals surface area contributed by atoms with Gasteiger partial charge in [-0.1, -0.05) is 24.3 Å². The molecule has 0 aliphatic carbocycles. The van der Waals surface area contributed by atoms with Gasteiger partial charge in [-0.05, 0) is 61.0 Å². The van der Waals surface area contributed by atoms with Crippen LogP contribution in [0, 0.1) is 6.92 Å². The van der Waals surface area contributed by atoms with Crippen molar-refractivity contribution < 1.29 is 13.9 Å². The van der Waals surface area contributed by atoms with Gasteiger partial charge in [0.05, 0.1) is 25.1 Å². The molecule has 0 unspecified atom stereocenters. The molecule has 2 heterocycles. The number of fused-ring (bicyclic) bond motifs is 2. The first-order valence-electron chi connectivity index (χ1n) is 10.6. The molecule has 0 saturated heterocycles. The van der Waals surface area contributed by atoms with Crippen LogP contribution in [-0.4, -0.2) is 19.2 Å². The predicted molar refractivity (Wildman–Crippen MR) is 130 cm³/mol. The Kier molecular flexibility index (Phi) is 5.40. The van der Waals surface area contributed by atoms with E-state index in [2.05, 4.69) is 15.5 Å². The van der Waals surface area contributed by atoms with Gasteiger partial charge in [-0.25, -0.2) is 4.98 Å². The molecule has 5 aromatic rings. The fraction of sp³-hybridized carbons (Fsp3) is 0.111. The minimum absolute atomic E-state index is 0.631. The zero-order valence-electron chi connectivity index (χ0n) is 18.6. The number of hydrogen-bond donors (Lipinski definition) is 1. The lowest BCUT2D eigenvalue weighted by Gasteiger charge is -2.10. The quantitative estimate of drug-likeness (QED) is 0.347. The van der Waals surface area contributed by atoms with E-state index < -0.39 is 0 Å². The van der Waals surface area contributed by atoms with Crippen molar-refractivity contribution in [3.05, 3.63) is 89.8 Å². The average molecular weight is 437 g/mol. The van der Waals surface area contributed by atoms with Gasteiger partial charge in [-0.15, -0.1) is 0 Å². The normalized spacial score (nSPS) is 11.7. The maximum absolute atomic E-state index is 6.25. The highest BCUT2D eigenvalue weighted by Crippen LogP contribution is 2.32. The standard InChI is InChI=1S/C27H23N3O3/c1-17-8-11-20-22(29-30-27-13-10-18-6-4-5-7-21(18)28-27)16-24(33-25(20)14-17)19-9-12-23(31-2)26(15-19)32-3/h4-16H,1-3H3,(H,28,30). The lowest BCUT2D eigenvalue weighted by molar-refractivity contribution is 0.355. The molecule has 0 saturated carbocycles. The van der Waals surface area contributed by atoms with E-state index in [1.54, 1.807) is 14.2 Å². The number of ether oxygens (including phenoxy) is 2. The Labute approximate surface area is 191 Å². The number of anilines is 1. The summed E-state index contributed by atoms with van der Waals surface area (Å²) in [6.07, 6.45) is 0. The summed E-state index contributed by atoms with van der Waals surface area (Å²) in [4.78, 5) is 4.65. The highest BCUT2D eigenvalue weighted by Gasteiger charge is 2.11. The summed E-state index contributed by atoms with van der Waals surface area (Å²) in [7, 11) is 3.23. The molecule has 0 fully saturated rings. The van der Waals surface area contributed by atoms with Gasteiger partial charge in [0.25, 0.3) is 0 Å². The number of rotatable bonds is 5. The predicted octanol–water partition coefficient (Wildman–Crippen LogP) is 5.90. The van der Waals surface area contributed by atoms with Gasteiger partial charge in [-0.3, -0.25) is 5.43 Å². The molecule has 3 aromatic carbocycles. The maximum atomic E-state index is 6.25. The number of benzene rings is 3. The first-order chi connectivity index (χ1) is 16.1. The summed E-state index contributed by atoms with van der Waals surface area (Å²) in [5, 5.41) is 7.40. The Morgan fingerprint density at radius 1 is 0.848 bits per heavy atom. The number of pyridine rings is 1. The first kappa shape index (κ1) is 20.6. The van der Waals surface area contributed by atoms with Gasteiger partial charge >= 0.3 is 0 Å². The summed E-state index contributed by atoms with van der Waals surface area (Å²) < 4.78 is 17.1. The number of aromatic nitrogens is 1. The van der Waals surface area contributed by atoms with Crippen LogP contribution >= 0.6 is 0 Å². The van der Waals surface area contributed by atoms with Crippen molar-refractivity contribution in [3.63, 3.8) is 0 Å². The van der Waals surface area contributed by atoms with Crippen LogP contribution in [0.4, 0.5) is 5.82 Å². The van der Waals surface area contributed by atoms with Crippen LogP contribution in [0.25, 0.3) is 33.2 Å². The Balaban J connectivity index is 1.62. The lowest BCUT2D eigenvalue weighted by Crippen LogP contribution is -2.08. The van der Waals surface area contributed by atoms with Crippen LogP contribution in [0.5, 0.6) is 11.5 Å². The van der Waals surface area contributed by atoms with Crippen molar-refractivity contribution in [3.8, 4) is 22.8 Å². The molecular weight excluding hydrogens is 414 g/mol. The molecule has 0 amide bonds. The first-order valence-corrected chi connectivity index (χ1v) is 10.6. The van der Waals surface area contributed by atoms with E-state index in [1.165, 1.54) is 0 Å². The van der Waals surface area contributed by atoms with Crippen molar-refractivity contribution in [2.24, 2.45) is 5.10 Å². The third-order valence-electron chi connectivity index (χ3n) is 5.46. The third kappa shape index (κ3) is 4.11. The summed E-state index contributed by atoms with van der Waals surface area (Å²) >= 11 is 0. The van der Waals surface area contributed by atoms with E-state index in [9.17, 15) is 0 Å². The molecule has 0 aliphatic heterocycles. The molecule has 0 radical (unpaired) electrons. The highest BCUT2D eigenvalue weighted by molar-refractivity contribution is 5.81. The van der Waals surface area contributed by atoms with E-state index in [4.69, 9.17) is 13.9 Å². The largest absolute Gasteiger partial charge is 0.493 e. The summed E-state index contributed by atoms with van der Waals surface area (Å²) in [6, 6.07) is 25.6. The van der Waals surface area contributed by atoms with E-state index in [0.29, 0.717) is 23.1 Å². The van der Waals surface area contributed by atoms with Gasteiger partial charge in [0, 0.05) is 22.4 Å². The van der Waals surface area contributed by atoms with Crippen molar-refractivity contribution in [2.75, 3.05) is 19.6 Å². The SMILES string of the molecule is COc1ccc(-c2cc(=NNc3ccc4ccccc4n3)c3ccc(C)cc3o2)cc1OC. The summed E-state index contributed by atoms with van der Waals surface area (Å²) in [5.41, 5.74) is 6.72. The van der Waals surface area contributed by atoms with Crippen LogP contribution in [0.1, 0.15) is 5.56 Å². The molecule has 164 valence electrons. The molecule has 0 bridgehead atoms. The van der Waals surface area contributed by atoms with Crippen LogP contribution in [0.15, 0.2) is 88.4 Å². The average Bonchev–Trinajstić information content (AvgIpc) is 2.86. The number of aryl methyl sites for hydroxylation is 1. The highest BCUT2D eigenvalue weighted by atomic mass is 16.5. The molecular formula is C27H23N3O3. The van der Waals surface area contributed by atoms with Gasteiger partial charge in [0.2, 0.25) is 0 Å². The van der Waals surface area contributed by atoms with E-state index in [-0.39, 0.29) is 0 Å². The minimum Gasteiger partial charge on any atom is -0.493 e. The van der Waals surface area contributed by atoms with Crippen LogP contribution in [0.3, 0.4) is 0 Å². The Morgan fingerprint density at radius 3 is 2.55 bits per heavy atom. The number of nitrogens with one attached hydrogen (secondary N) is 1. The molecule has 6 heteroatoms. The molecule has 0 atom stereocenters. The molecule has 0 aliphatic rings. The van der Waals surface area contributed by atoms with Crippen molar-refractivity contribution in [1.29, 1.82) is 0 Å². The monoisotopic (exact) mass is 437 g/mol. The van der Waals surface area contributed by atoms with Crippen LogP contribution in [-0.2, 0) is 0 Å². The molecule has 5 rings (SSSR count). The Morgan fingerprint density at radius 2 is 1.70 bits per heavy atom. The van der Waals surface area contributed by atoms with E-state index in [1.807, 2.05) is 85.8 Å². The second kappa shape index (κ2) is 8.67. The van der Waals surface area contributed by atoms with Crippen molar-refractivity contribution >= 4 is 27.7 Å². The minimum atomic E-state index is 0.631. The smallest absolute Gasteiger partial charge is 0.161 e. The van der Waals surface area contributed by atoms with Gasteiger partial charge < -0.3 is 13.9 Å². The number of methoxy groups -OCH3 is 2. The third-order valence-corrected chi connectivity index (χ3v) is 5.46. The molecule has 0 spiro atoms. The maximum Gasteiger partial charge on any atom is 0.161 e. The molecule has 2 aromatic heterocycles. The number of nitrogens with zero attached hydrogens (tertiary/aromatic N) is 2. The zero-order chi connectivity index (χ0) is 22.8. The topological polar surface area (TPSA) is 68.9 Å². The second-order valence-electron chi connectivity index (χ2n) is 7.68. The van der Waals surface area contributed by atoms with Crippen molar-refractivity contribution in [1.82, 2.24) is 4.98 Å². The summed E-state index contributed by atoms with van der Waals surface area (Å²) in [6.45, 7) is 2.03. The zero-order valence-corrected chi connectivity index (χ0v) is 18.6. The Bertz CT molecular complexity index is 1540.